The van der Waals surface area contributed by atoms with Gasteiger partial charge in [-0.3, -0.25) is 14.2 Å². The van der Waals surface area contributed by atoms with Crippen molar-refractivity contribution in [1.29, 1.82) is 0 Å². The first-order valence-corrected chi connectivity index (χ1v) is 10.3. The van der Waals surface area contributed by atoms with Crippen molar-refractivity contribution in [1.82, 2.24) is 14.9 Å². The highest BCUT2D eigenvalue weighted by Crippen LogP contribution is 2.27. The topological polar surface area (TPSA) is 128 Å². The second kappa shape index (κ2) is 7.36. The van der Waals surface area contributed by atoms with Gasteiger partial charge in [0.05, 0.1) is 23.8 Å². The van der Waals surface area contributed by atoms with Crippen molar-refractivity contribution in [2.75, 3.05) is 18.9 Å². The van der Waals surface area contributed by atoms with Crippen LogP contribution in [0.15, 0.2) is 40.0 Å². The molecule has 0 fully saturated rings. The van der Waals surface area contributed by atoms with Gasteiger partial charge in [0.1, 0.15) is 11.4 Å². The zero-order valence-corrected chi connectivity index (χ0v) is 16.3. The molecule has 1 aromatic carbocycles. The number of hydrogen-bond acceptors (Lipinski definition) is 7. The SMILES string of the molecule is CC1(C)OCCn2c1nc(C(=O)NCCS(=O)(=O)c1ccccc1)c(O)c2=O. The Balaban J connectivity index is 1.79. The number of fused-ring (bicyclic) bond motifs is 1. The lowest BCUT2D eigenvalue weighted by Crippen LogP contribution is -2.42. The zero-order chi connectivity index (χ0) is 20.5. The zero-order valence-electron chi connectivity index (χ0n) is 15.5. The molecule has 28 heavy (non-hydrogen) atoms. The smallest absolute Gasteiger partial charge is 0.296 e. The molecule has 1 aromatic heterocycles. The molecule has 0 radical (unpaired) electrons. The van der Waals surface area contributed by atoms with Crippen LogP contribution in [0.25, 0.3) is 0 Å². The van der Waals surface area contributed by atoms with Gasteiger partial charge < -0.3 is 15.2 Å². The normalized spacial score (nSPS) is 15.6. The third kappa shape index (κ3) is 3.78. The molecule has 0 saturated heterocycles. The Morgan fingerprint density at radius 3 is 2.68 bits per heavy atom. The van der Waals surface area contributed by atoms with Crippen LogP contribution in [0, 0.1) is 0 Å². The quantitative estimate of drug-likeness (QED) is 0.735. The van der Waals surface area contributed by atoms with Crippen molar-refractivity contribution >= 4 is 15.7 Å². The van der Waals surface area contributed by atoms with Gasteiger partial charge in [-0.25, -0.2) is 13.4 Å². The van der Waals surface area contributed by atoms with E-state index in [0.29, 0.717) is 0 Å². The summed E-state index contributed by atoms with van der Waals surface area (Å²) in [5.41, 5.74) is -2.09. The highest BCUT2D eigenvalue weighted by atomic mass is 32.2. The Morgan fingerprint density at radius 1 is 1.32 bits per heavy atom. The highest BCUT2D eigenvalue weighted by molar-refractivity contribution is 7.91. The van der Waals surface area contributed by atoms with Crippen LogP contribution in [0.5, 0.6) is 5.75 Å². The van der Waals surface area contributed by atoms with Crippen LogP contribution in [0.3, 0.4) is 0 Å². The Morgan fingerprint density at radius 2 is 2.00 bits per heavy atom. The van der Waals surface area contributed by atoms with E-state index in [4.69, 9.17) is 4.74 Å². The van der Waals surface area contributed by atoms with Crippen molar-refractivity contribution in [3.05, 3.63) is 52.2 Å². The minimum Gasteiger partial charge on any atom is -0.501 e. The van der Waals surface area contributed by atoms with E-state index in [-0.39, 0.29) is 36.2 Å². The molecule has 0 bridgehead atoms. The van der Waals surface area contributed by atoms with Crippen LogP contribution in [0.2, 0.25) is 0 Å². The molecule has 2 aromatic rings. The van der Waals surface area contributed by atoms with E-state index in [9.17, 15) is 23.1 Å². The molecule has 0 saturated carbocycles. The number of nitrogens with zero attached hydrogens (tertiary/aromatic N) is 2. The largest absolute Gasteiger partial charge is 0.501 e. The molecule has 10 heteroatoms. The number of rotatable bonds is 5. The second-order valence-electron chi connectivity index (χ2n) is 6.84. The number of amides is 1. The first kappa shape index (κ1) is 20.0. The molecule has 1 amide bonds. The summed E-state index contributed by atoms with van der Waals surface area (Å²) < 4.78 is 31.4. The van der Waals surface area contributed by atoms with Crippen molar-refractivity contribution in [2.45, 2.75) is 30.9 Å². The van der Waals surface area contributed by atoms with Gasteiger partial charge in [0.15, 0.2) is 15.5 Å². The number of aromatic hydroxyl groups is 1. The third-order valence-corrected chi connectivity index (χ3v) is 6.17. The van der Waals surface area contributed by atoms with E-state index in [1.807, 2.05) is 0 Å². The molecule has 1 aliphatic heterocycles. The predicted molar refractivity (Wildman–Crippen MR) is 100.0 cm³/mol. The summed E-state index contributed by atoms with van der Waals surface area (Å²) in [5, 5.41) is 12.5. The van der Waals surface area contributed by atoms with Gasteiger partial charge in [-0.05, 0) is 26.0 Å². The predicted octanol–water partition coefficient (Wildman–Crippen LogP) is 0.418. The fraction of sp³-hybridized carbons (Fsp3) is 0.389. The average Bonchev–Trinajstić information content (AvgIpc) is 2.65. The van der Waals surface area contributed by atoms with Crippen LogP contribution < -0.4 is 10.9 Å². The summed E-state index contributed by atoms with van der Waals surface area (Å²) in [5.74, 6) is -1.71. The molecule has 9 nitrogen and oxygen atoms in total. The summed E-state index contributed by atoms with van der Waals surface area (Å²) in [4.78, 5) is 29.1. The lowest BCUT2D eigenvalue weighted by atomic mass is 10.1. The van der Waals surface area contributed by atoms with E-state index in [1.54, 1.807) is 32.0 Å². The maximum atomic E-state index is 12.4. The number of ether oxygens (including phenoxy) is 1. The first-order valence-electron chi connectivity index (χ1n) is 8.68. The van der Waals surface area contributed by atoms with Crippen molar-refractivity contribution < 1.29 is 23.1 Å². The molecule has 2 N–H and O–H groups in total. The van der Waals surface area contributed by atoms with E-state index in [0.717, 1.165) is 0 Å². The highest BCUT2D eigenvalue weighted by Gasteiger charge is 2.34. The van der Waals surface area contributed by atoms with Crippen LogP contribution in [-0.4, -0.2) is 47.9 Å². The minimum atomic E-state index is -3.57. The monoisotopic (exact) mass is 407 g/mol. The summed E-state index contributed by atoms with van der Waals surface area (Å²) >= 11 is 0. The van der Waals surface area contributed by atoms with Gasteiger partial charge in [0.25, 0.3) is 11.5 Å². The van der Waals surface area contributed by atoms with E-state index < -0.39 is 38.3 Å². The Labute approximate surface area is 161 Å². The van der Waals surface area contributed by atoms with Crippen molar-refractivity contribution in [3.8, 4) is 5.75 Å². The van der Waals surface area contributed by atoms with Gasteiger partial charge in [-0.15, -0.1) is 0 Å². The third-order valence-electron chi connectivity index (χ3n) is 4.44. The Kier molecular flexibility index (Phi) is 5.26. The average molecular weight is 407 g/mol. The molecule has 0 unspecified atom stereocenters. The molecule has 1 aliphatic rings. The Bertz CT molecular complexity index is 1060. The Hall–Kier alpha value is -2.72. The van der Waals surface area contributed by atoms with Crippen molar-refractivity contribution in [2.24, 2.45) is 0 Å². The summed E-state index contributed by atoms with van der Waals surface area (Å²) in [6, 6.07) is 7.86. The van der Waals surface area contributed by atoms with E-state index >= 15 is 0 Å². The van der Waals surface area contributed by atoms with Gasteiger partial charge in [0.2, 0.25) is 5.75 Å². The summed E-state index contributed by atoms with van der Waals surface area (Å²) in [6.07, 6.45) is 0. The molecule has 0 atom stereocenters. The van der Waals surface area contributed by atoms with Gasteiger partial charge >= 0.3 is 0 Å². The van der Waals surface area contributed by atoms with E-state index in [2.05, 4.69) is 10.3 Å². The lowest BCUT2D eigenvalue weighted by Gasteiger charge is -2.32. The lowest BCUT2D eigenvalue weighted by molar-refractivity contribution is -0.0566. The van der Waals surface area contributed by atoms with Gasteiger partial charge in [0, 0.05) is 6.54 Å². The fourth-order valence-corrected chi connectivity index (χ4v) is 4.13. The van der Waals surface area contributed by atoms with Crippen LogP contribution in [0.4, 0.5) is 0 Å². The maximum Gasteiger partial charge on any atom is 0.296 e. The molecule has 150 valence electrons. The molecule has 3 rings (SSSR count). The molecule has 0 aliphatic carbocycles. The van der Waals surface area contributed by atoms with Crippen LogP contribution in [-0.2, 0) is 26.7 Å². The standard InChI is InChI=1S/C18H21N3O6S/c1-18(2)17-20-13(14(22)16(24)21(17)9-10-27-18)15(23)19-8-11-28(25,26)12-6-4-3-5-7-12/h3-7,22H,8-11H2,1-2H3,(H,19,23). The number of carbonyl (C=O) groups excluding carboxylic acids is 1. The molecule has 2 heterocycles. The minimum absolute atomic E-state index is 0.149. The number of benzene rings is 1. The van der Waals surface area contributed by atoms with Gasteiger partial charge in [-0.1, -0.05) is 18.2 Å². The van der Waals surface area contributed by atoms with Crippen LogP contribution in [0.1, 0.15) is 30.2 Å². The second-order valence-corrected chi connectivity index (χ2v) is 8.95. The number of nitrogens with one attached hydrogen (secondary N) is 1. The maximum absolute atomic E-state index is 12.4. The molecular weight excluding hydrogens is 386 g/mol. The molecular formula is C18H21N3O6S. The first-order chi connectivity index (χ1) is 13.1. The number of aromatic nitrogens is 2. The van der Waals surface area contributed by atoms with E-state index in [1.165, 1.54) is 16.7 Å². The van der Waals surface area contributed by atoms with Gasteiger partial charge in [-0.2, -0.15) is 0 Å². The van der Waals surface area contributed by atoms with Crippen molar-refractivity contribution in [3.63, 3.8) is 0 Å². The van der Waals surface area contributed by atoms with Crippen LogP contribution >= 0.6 is 0 Å². The number of sulfone groups is 1. The summed E-state index contributed by atoms with van der Waals surface area (Å²) in [7, 11) is -3.57. The summed E-state index contributed by atoms with van der Waals surface area (Å²) in [6.45, 7) is 3.71. The molecule has 0 spiro atoms. The number of carbonyl (C=O) groups is 1. The number of hydrogen-bond donors (Lipinski definition) is 2. The fourth-order valence-electron chi connectivity index (χ4n) is 2.95.